The summed E-state index contributed by atoms with van der Waals surface area (Å²) in [5.74, 6) is -0.360. The molecular weight excluding hydrogens is 446 g/mol. The zero-order valence-electron chi connectivity index (χ0n) is 18.1. The van der Waals surface area contributed by atoms with E-state index < -0.39 is 12.0 Å². The van der Waals surface area contributed by atoms with Crippen LogP contribution >= 0.6 is 11.6 Å². The van der Waals surface area contributed by atoms with Crippen molar-refractivity contribution in [3.63, 3.8) is 0 Å². The van der Waals surface area contributed by atoms with Crippen molar-refractivity contribution in [1.82, 2.24) is 14.9 Å². The van der Waals surface area contributed by atoms with Crippen LogP contribution in [0.4, 0.5) is 0 Å². The summed E-state index contributed by atoms with van der Waals surface area (Å²) in [6.07, 6.45) is 1.09. The van der Waals surface area contributed by atoms with Crippen LogP contribution in [0.25, 0.3) is 22.5 Å². The number of rotatable bonds is 6. The molecule has 0 radical (unpaired) electrons. The largest absolute Gasteiger partial charge is 0.481 e. The van der Waals surface area contributed by atoms with Gasteiger partial charge in [-0.1, -0.05) is 29.8 Å². The van der Waals surface area contributed by atoms with Crippen molar-refractivity contribution in [2.24, 2.45) is 0 Å². The molecule has 1 aliphatic heterocycles. The number of ether oxygens (including phenoxy) is 2. The summed E-state index contributed by atoms with van der Waals surface area (Å²) in [5, 5.41) is 9.98. The van der Waals surface area contributed by atoms with E-state index in [4.69, 9.17) is 21.1 Å². The highest BCUT2D eigenvalue weighted by molar-refractivity contribution is 6.33. The summed E-state index contributed by atoms with van der Waals surface area (Å²) < 4.78 is 10.6. The number of likely N-dealkylation sites (tertiary alicyclic amines) is 1. The zero-order valence-corrected chi connectivity index (χ0v) is 18.9. The second kappa shape index (κ2) is 9.46. The van der Waals surface area contributed by atoms with E-state index in [1.807, 2.05) is 18.2 Å². The zero-order chi connectivity index (χ0) is 23.5. The molecule has 1 saturated heterocycles. The molecule has 9 heteroatoms. The number of carboxylic acids is 1. The van der Waals surface area contributed by atoms with Gasteiger partial charge in [0.1, 0.15) is 6.04 Å². The molecule has 2 heterocycles. The van der Waals surface area contributed by atoms with Crippen LogP contribution in [-0.4, -0.2) is 58.7 Å². The van der Waals surface area contributed by atoms with Crippen LogP contribution < -0.4 is 9.47 Å². The second-order valence-electron chi connectivity index (χ2n) is 7.51. The van der Waals surface area contributed by atoms with Gasteiger partial charge in [-0.3, -0.25) is 4.79 Å². The number of nitrogens with zero attached hydrogens (tertiary/aromatic N) is 3. The van der Waals surface area contributed by atoms with Crippen LogP contribution in [0, 0.1) is 0 Å². The van der Waals surface area contributed by atoms with Gasteiger partial charge in [0.15, 0.2) is 5.82 Å². The third-order valence-corrected chi connectivity index (χ3v) is 5.90. The number of halogens is 1. The highest BCUT2D eigenvalue weighted by Crippen LogP contribution is 2.37. The van der Waals surface area contributed by atoms with Crippen LogP contribution in [-0.2, 0) is 4.79 Å². The fourth-order valence-electron chi connectivity index (χ4n) is 3.94. The summed E-state index contributed by atoms with van der Waals surface area (Å²) in [6.45, 7) is 0.398. The molecule has 2 aromatic carbocycles. The SMILES string of the molecule is COc1cc(OC)nc(-c2ccc(C(=O)N3CCCC3C(=O)O)cc2-c2ccccc2Cl)n1. The maximum atomic E-state index is 13.2. The fraction of sp³-hybridized carbons (Fsp3) is 0.250. The van der Waals surface area contributed by atoms with Crippen molar-refractivity contribution in [3.05, 3.63) is 59.1 Å². The molecule has 1 unspecified atom stereocenters. The first-order valence-electron chi connectivity index (χ1n) is 10.3. The number of aliphatic carboxylic acids is 1. The van der Waals surface area contributed by atoms with E-state index >= 15 is 0 Å². The summed E-state index contributed by atoms with van der Waals surface area (Å²) >= 11 is 6.50. The summed E-state index contributed by atoms with van der Waals surface area (Å²) in [7, 11) is 2.99. The first-order chi connectivity index (χ1) is 15.9. The quantitative estimate of drug-likeness (QED) is 0.580. The molecule has 0 bridgehead atoms. The summed E-state index contributed by atoms with van der Waals surface area (Å²) in [5.41, 5.74) is 2.29. The predicted molar refractivity (Wildman–Crippen MR) is 123 cm³/mol. The summed E-state index contributed by atoms with van der Waals surface area (Å²) in [4.78, 5) is 35.1. The van der Waals surface area contributed by atoms with Gasteiger partial charge in [-0.25, -0.2) is 4.79 Å². The van der Waals surface area contributed by atoms with E-state index in [2.05, 4.69) is 9.97 Å². The Kier molecular flexibility index (Phi) is 6.46. The lowest BCUT2D eigenvalue weighted by Gasteiger charge is -2.22. The monoisotopic (exact) mass is 467 g/mol. The van der Waals surface area contributed by atoms with Crippen molar-refractivity contribution in [2.45, 2.75) is 18.9 Å². The van der Waals surface area contributed by atoms with Crippen molar-refractivity contribution >= 4 is 23.5 Å². The van der Waals surface area contributed by atoms with E-state index in [-0.39, 0.29) is 5.91 Å². The minimum atomic E-state index is -0.999. The van der Waals surface area contributed by atoms with E-state index in [0.29, 0.717) is 64.2 Å². The first-order valence-corrected chi connectivity index (χ1v) is 10.7. The number of amides is 1. The Bertz CT molecular complexity index is 1190. The van der Waals surface area contributed by atoms with E-state index in [1.54, 1.807) is 30.3 Å². The molecular formula is C24H22ClN3O5. The maximum Gasteiger partial charge on any atom is 0.326 e. The standard InChI is InChI=1S/C24H22ClN3O5/c1-32-20-13-21(33-2)27-22(26-20)16-10-9-14(12-17(16)15-6-3-4-7-18(15)25)23(29)28-11-5-8-19(28)24(30)31/h3-4,6-7,9-10,12-13,19H,5,8,11H2,1-2H3,(H,30,31). The average molecular weight is 468 g/mol. The lowest BCUT2D eigenvalue weighted by molar-refractivity contribution is -0.141. The lowest BCUT2D eigenvalue weighted by Crippen LogP contribution is -2.40. The van der Waals surface area contributed by atoms with Crippen LogP contribution in [0.5, 0.6) is 11.8 Å². The Morgan fingerprint density at radius 3 is 2.33 bits per heavy atom. The first kappa shape index (κ1) is 22.5. The molecule has 1 aliphatic rings. The molecule has 8 nitrogen and oxygen atoms in total. The number of carbonyl (C=O) groups is 2. The molecule has 3 aromatic rings. The van der Waals surface area contributed by atoms with Crippen molar-refractivity contribution in [2.75, 3.05) is 20.8 Å². The molecule has 0 aliphatic carbocycles. The molecule has 1 aromatic heterocycles. The predicted octanol–water partition coefficient (Wildman–Crippen LogP) is 4.17. The van der Waals surface area contributed by atoms with Crippen molar-refractivity contribution in [1.29, 1.82) is 0 Å². The van der Waals surface area contributed by atoms with Gasteiger partial charge in [-0.15, -0.1) is 0 Å². The third kappa shape index (κ3) is 4.47. The number of methoxy groups -OCH3 is 2. The molecule has 4 rings (SSSR count). The van der Waals surface area contributed by atoms with Gasteiger partial charge >= 0.3 is 5.97 Å². The van der Waals surface area contributed by atoms with Gasteiger partial charge in [0.05, 0.1) is 20.3 Å². The maximum absolute atomic E-state index is 13.2. The Balaban J connectivity index is 1.86. The minimum absolute atomic E-state index is 0.323. The number of aromatic nitrogens is 2. The number of hydrogen-bond donors (Lipinski definition) is 1. The van der Waals surface area contributed by atoms with Gasteiger partial charge in [0.2, 0.25) is 11.8 Å². The second-order valence-corrected chi connectivity index (χ2v) is 7.92. The van der Waals surface area contributed by atoms with E-state index in [1.165, 1.54) is 19.1 Å². The Hall–Kier alpha value is -3.65. The van der Waals surface area contributed by atoms with Gasteiger partial charge < -0.3 is 19.5 Å². The molecule has 1 atom stereocenters. The molecule has 0 spiro atoms. The Labute approximate surface area is 195 Å². The van der Waals surface area contributed by atoms with Crippen molar-refractivity contribution < 1.29 is 24.2 Å². The fourth-order valence-corrected chi connectivity index (χ4v) is 4.18. The summed E-state index contributed by atoms with van der Waals surface area (Å²) in [6, 6.07) is 13.1. The Morgan fingerprint density at radius 1 is 1.00 bits per heavy atom. The molecule has 1 fully saturated rings. The highest BCUT2D eigenvalue weighted by Gasteiger charge is 2.34. The van der Waals surface area contributed by atoms with E-state index in [0.717, 1.165) is 0 Å². The minimum Gasteiger partial charge on any atom is -0.481 e. The topological polar surface area (TPSA) is 102 Å². The number of benzene rings is 2. The van der Waals surface area contributed by atoms with Crippen LogP contribution in [0.15, 0.2) is 48.5 Å². The third-order valence-electron chi connectivity index (χ3n) is 5.57. The van der Waals surface area contributed by atoms with Crippen LogP contribution in [0.3, 0.4) is 0 Å². The van der Waals surface area contributed by atoms with Gasteiger partial charge in [0.25, 0.3) is 5.91 Å². The highest BCUT2D eigenvalue weighted by atomic mass is 35.5. The van der Waals surface area contributed by atoms with Gasteiger partial charge in [0, 0.05) is 28.3 Å². The molecule has 170 valence electrons. The van der Waals surface area contributed by atoms with Gasteiger partial charge in [-0.05, 0) is 42.7 Å². The number of carbonyl (C=O) groups excluding carboxylic acids is 1. The number of carboxylic acid groups (broad SMARTS) is 1. The smallest absolute Gasteiger partial charge is 0.326 e. The number of hydrogen-bond acceptors (Lipinski definition) is 6. The molecule has 1 amide bonds. The average Bonchev–Trinajstić information content (AvgIpc) is 3.33. The van der Waals surface area contributed by atoms with Crippen LogP contribution in [0.2, 0.25) is 5.02 Å². The molecule has 33 heavy (non-hydrogen) atoms. The van der Waals surface area contributed by atoms with Crippen LogP contribution in [0.1, 0.15) is 23.2 Å². The lowest BCUT2D eigenvalue weighted by atomic mass is 9.96. The van der Waals surface area contributed by atoms with Crippen molar-refractivity contribution in [3.8, 4) is 34.3 Å². The Morgan fingerprint density at radius 2 is 1.70 bits per heavy atom. The van der Waals surface area contributed by atoms with E-state index in [9.17, 15) is 14.7 Å². The molecule has 0 saturated carbocycles. The molecule has 1 N–H and O–H groups in total. The van der Waals surface area contributed by atoms with Gasteiger partial charge in [-0.2, -0.15) is 9.97 Å². The normalized spacial score (nSPS) is 15.4.